The number of benzene rings is 1. The van der Waals surface area contributed by atoms with E-state index in [0.717, 1.165) is 25.7 Å². The van der Waals surface area contributed by atoms with E-state index in [-0.39, 0.29) is 24.1 Å². The molecule has 1 saturated carbocycles. The van der Waals surface area contributed by atoms with E-state index < -0.39 is 6.36 Å². The number of hydrogen-bond acceptors (Lipinski definition) is 8. The molecule has 4 rings (SSSR count). The van der Waals surface area contributed by atoms with Crippen molar-refractivity contribution in [3.8, 4) is 5.75 Å². The Labute approximate surface area is 224 Å². The quantitative estimate of drug-likeness (QED) is 0.345. The van der Waals surface area contributed by atoms with Gasteiger partial charge in [-0.05, 0) is 49.3 Å². The lowest BCUT2D eigenvalue weighted by Gasteiger charge is -2.20. The molecular weight excluding hydrogens is 517 g/mol. The number of likely N-dealkylation sites (N-methyl/N-ethyl adjacent to an activating group) is 1. The summed E-state index contributed by atoms with van der Waals surface area (Å²) in [5.41, 5.74) is 3.90. The van der Waals surface area contributed by atoms with Crippen LogP contribution >= 0.6 is 0 Å². The number of amides is 2. The lowest BCUT2D eigenvalue weighted by Crippen LogP contribution is -2.40. The van der Waals surface area contributed by atoms with Crippen LogP contribution in [0.5, 0.6) is 5.75 Å². The van der Waals surface area contributed by atoms with Gasteiger partial charge in [0.05, 0.1) is 6.20 Å². The Balaban J connectivity index is 1.16. The molecule has 2 aromatic rings. The van der Waals surface area contributed by atoms with Gasteiger partial charge in [-0.2, -0.15) is 0 Å². The zero-order valence-electron chi connectivity index (χ0n) is 21.7. The third kappa shape index (κ3) is 8.87. The van der Waals surface area contributed by atoms with Crippen LogP contribution < -0.4 is 20.9 Å². The van der Waals surface area contributed by atoms with Gasteiger partial charge >= 0.3 is 6.36 Å². The van der Waals surface area contributed by atoms with Crippen molar-refractivity contribution in [3.63, 3.8) is 0 Å². The van der Waals surface area contributed by atoms with Crippen molar-refractivity contribution in [3.05, 3.63) is 47.9 Å². The van der Waals surface area contributed by atoms with E-state index >= 15 is 0 Å². The zero-order chi connectivity index (χ0) is 27.8. The highest BCUT2D eigenvalue weighted by Gasteiger charge is 2.31. The van der Waals surface area contributed by atoms with Crippen molar-refractivity contribution in [1.29, 1.82) is 0 Å². The van der Waals surface area contributed by atoms with Crippen molar-refractivity contribution in [2.24, 2.45) is 5.92 Å². The van der Waals surface area contributed by atoms with Crippen LogP contribution in [-0.2, 0) is 22.7 Å². The third-order valence-corrected chi connectivity index (χ3v) is 6.53. The number of rotatable bonds is 12. The summed E-state index contributed by atoms with van der Waals surface area (Å²) >= 11 is 0. The lowest BCUT2D eigenvalue weighted by atomic mass is 10.0. The number of hydrogen-bond donors (Lipinski definition) is 3. The standard InChI is InChI=1S/C25H33F3N8O3/c1-34-21(24(38)29-15-19-9-6-10-20(13-19)39-25(26,27)28)16-36(33-34)12-5-4-11-35-17-22(31-32-35)30-23(37)14-18-7-2-3-8-18/h6,9-10,13,16-18,33H,2-5,7-8,11-12,14-15H2,1H3,(H,29,38)(H,30,37). The summed E-state index contributed by atoms with van der Waals surface area (Å²) in [5, 5.41) is 17.0. The minimum absolute atomic E-state index is 0.0196. The van der Waals surface area contributed by atoms with E-state index in [1.807, 2.05) is 0 Å². The molecule has 0 bridgehead atoms. The largest absolute Gasteiger partial charge is 0.573 e. The van der Waals surface area contributed by atoms with E-state index in [9.17, 15) is 22.8 Å². The van der Waals surface area contributed by atoms with Gasteiger partial charge in [-0.3, -0.25) is 24.3 Å². The monoisotopic (exact) mass is 550 g/mol. The van der Waals surface area contributed by atoms with Crippen molar-refractivity contribution in [2.75, 3.05) is 18.9 Å². The molecule has 2 amide bonds. The molecule has 2 heterocycles. The van der Waals surface area contributed by atoms with Gasteiger partial charge in [-0.25, -0.2) is 0 Å². The molecule has 2 aliphatic rings. The molecule has 1 aliphatic heterocycles. The van der Waals surface area contributed by atoms with E-state index in [0.29, 0.717) is 42.5 Å². The maximum absolute atomic E-state index is 12.6. The molecule has 0 saturated heterocycles. The Bertz CT molecular complexity index is 1160. The number of alkyl halides is 3. The Kier molecular flexibility index (Phi) is 9.28. The molecule has 0 atom stereocenters. The maximum atomic E-state index is 12.6. The normalized spacial score (nSPS) is 15.9. The van der Waals surface area contributed by atoms with Crippen LogP contribution in [0.3, 0.4) is 0 Å². The lowest BCUT2D eigenvalue weighted by molar-refractivity contribution is -0.274. The van der Waals surface area contributed by atoms with Crippen molar-refractivity contribution in [2.45, 2.75) is 64.4 Å². The molecule has 1 fully saturated rings. The number of hydrazine groups is 2. The number of nitrogens with one attached hydrogen (secondary N) is 3. The Morgan fingerprint density at radius 3 is 2.72 bits per heavy atom. The molecule has 39 heavy (non-hydrogen) atoms. The van der Waals surface area contributed by atoms with Crippen LogP contribution in [0, 0.1) is 5.92 Å². The van der Waals surface area contributed by atoms with Crippen LogP contribution in [0.4, 0.5) is 19.0 Å². The van der Waals surface area contributed by atoms with Gasteiger partial charge in [-0.15, -0.1) is 23.8 Å². The van der Waals surface area contributed by atoms with Crippen LogP contribution in [-0.4, -0.2) is 56.8 Å². The summed E-state index contributed by atoms with van der Waals surface area (Å²) in [6, 6.07) is 5.46. The number of unbranched alkanes of at least 4 members (excludes halogenated alkanes) is 1. The first-order valence-corrected chi connectivity index (χ1v) is 13.0. The zero-order valence-corrected chi connectivity index (χ0v) is 21.7. The molecule has 212 valence electrons. The first-order chi connectivity index (χ1) is 18.6. The summed E-state index contributed by atoms with van der Waals surface area (Å²) in [7, 11) is 1.70. The summed E-state index contributed by atoms with van der Waals surface area (Å²) in [6.45, 7) is 1.29. The fourth-order valence-corrected chi connectivity index (χ4v) is 4.65. The van der Waals surface area contributed by atoms with E-state index in [1.165, 1.54) is 31.0 Å². The maximum Gasteiger partial charge on any atom is 0.573 e. The summed E-state index contributed by atoms with van der Waals surface area (Å²) in [4.78, 5) is 24.8. The molecule has 1 aromatic carbocycles. The SMILES string of the molecule is CN1NN(CCCCn2cc(NC(=O)CC3CCCC3)nn2)C=C1C(=O)NCc1cccc(OC(F)(F)F)c1. The number of ether oxygens (including phenoxy) is 1. The van der Waals surface area contributed by atoms with Crippen molar-refractivity contribution in [1.82, 2.24) is 35.9 Å². The van der Waals surface area contributed by atoms with Gasteiger partial charge in [0.1, 0.15) is 11.4 Å². The third-order valence-electron chi connectivity index (χ3n) is 6.53. The van der Waals surface area contributed by atoms with Gasteiger partial charge in [0.25, 0.3) is 5.91 Å². The van der Waals surface area contributed by atoms with E-state index in [4.69, 9.17) is 0 Å². The highest BCUT2D eigenvalue weighted by molar-refractivity contribution is 5.92. The average molecular weight is 551 g/mol. The highest BCUT2D eigenvalue weighted by Crippen LogP contribution is 2.27. The van der Waals surface area contributed by atoms with Crippen LogP contribution in [0.2, 0.25) is 0 Å². The number of aromatic nitrogens is 3. The summed E-state index contributed by atoms with van der Waals surface area (Å²) < 4.78 is 42.9. The van der Waals surface area contributed by atoms with Crippen LogP contribution in [0.25, 0.3) is 0 Å². The van der Waals surface area contributed by atoms with E-state index in [1.54, 1.807) is 40.2 Å². The molecule has 1 aliphatic carbocycles. The van der Waals surface area contributed by atoms with Crippen molar-refractivity contribution < 1.29 is 27.5 Å². The average Bonchev–Trinajstić information content (AvgIpc) is 3.62. The Morgan fingerprint density at radius 2 is 1.95 bits per heavy atom. The second kappa shape index (κ2) is 12.8. The minimum Gasteiger partial charge on any atom is -0.406 e. The number of halogens is 3. The Morgan fingerprint density at radius 1 is 1.18 bits per heavy atom. The van der Waals surface area contributed by atoms with Gasteiger partial charge in [-0.1, -0.05) is 30.2 Å². The fraction of sp³-hybridized carbons (Fsp3) is 0.520. The fourth-order valence-electron chi connectivity index (χ4n) is 4.65. The summed E-state index contributed by atoms with van der Waals surface area (Å²) in [5.74, 6) is 0.191. The van der Waals surface area contributed by atoms with Crippen LogP contribution in [0.15, 0.2) is 42.4 Å². The minimum atomic E-state index is -4.78. The van der Waals surface area contributed by atoms with Crippen molar-refractivity contribution >= 4 is 17.6 Å². The predicted molar refractivity (Wildman–Crippen MR) is 135 cm³/mol. The molecule has 0 spiro atoms. The molecule has 0 radical (unpaired) electrons. The van der Waals surface area contributed by atoms with Gasteiger partial charge in [0.15, 0.2) is 5.82 Å². The smallest absolute Gasteiger partial charge is 0.406 e. The number of nitrogens with zero attached hydrogens (tertiary/aromatic N) is 5. The van der Waals surface area contributed by atoms with Crippen LogP contribution in [0.1, 0.15) is 50.5 Å². The molecule has 0 unspecified atom stereocenters. The number of carbonyl (C=O) groups excluding carboxylic acids is 2. The van der Waals surface area contributed by atoms with Gasteiger partial charge in [0.2, 0.25) is 5.91 Å². The summed E-state index contributed by atoms with van der Waals surface area (Å²) in [6.07, 6.45) is 5.36. The predicted octanol–water partition coefficient (Wildman–Crippen LogP) is 3.30. The molecule has 1 aromatic heterocycles. The first-order valence-electron chi connectivity index (χ1n) is 13.0. The topological polar surface area (TPSA) is 117 Å². The number of carbonyl (C=O) groups is 2. The number of aryl methyl sites for hydroxylation is 1. The first kappa shape index (κ1) is 28.2. The molecule has 11 nitrogen and oxygen atoms in total. The molecule has 3 N–H and O–H groups in total. The number of anilines is 1. The van der Waals surface area contributed by atoms with Gasteiger partial charge < -0.3 is 15.4 Å². The van der Waals surface area contributed by atoms with E-state index in [2.05, 4.69) is 31.2 Å². The molecule has 14 heteroatoms. The second-order valence-electron chi connectivity index (χ2n) is 9.72. The second-order valence-corrected chi connectivity index (χ2v) is 9.72. The Hall–Kier alpha value is -3.81. The van der Waals surface area contributed by atoms with Gasteiger partial charge in [0, 0.05) is 39.3 Å². The highest BCUT2D eigenvalue weighted by atomic mass is 19.4. The molecular formula is C25H33F3N8O3.